The van der Waals surface area contributed by atoms with Gasteiger partial charge in [0, 0.05) is 18.0 Å². The lowest BCUT2D eigenvalue weighted by Gasteiger charge is -1.99. The number of aryl methyl sites for hydroxylation is 1. The first-order valence-corrected chi connectivity index (χ1v) is 5.86. The highest BCUT2D eigenvalue weighted by atomic mass is 16.5. The molecule has 0 amide bonds. The van der Waals surface area contributed by atoms with Gasteiger partial charge in [0.25, 0.3) is 5.89 Å². The van der Waals surface area contributed by atoms with Crippen LogP contribution in [0.3, 0.4) is 0 Å². The molecule has 3 N–H and O–H groups in total. The van der Waals surface area contributed by atoms with Gasteiger partial charge in [-0.05, 0) is 25.1 Å². The van der Waals surface area contributed by atoms with Crippen molar-refractivity contribution in [2.75, 3.05) is 5.73 Å². The molecule has 0 aliphatic carbocycles. The smallest absolute Gasteiger partial charge is 0.262 e. The number of hydrogen-bond donors (Lipinski definition) is 2. The first-order valence-electron chi connectivity index (χ1n) is 5.86. The predicted molar refractivity (Wildman–Crippen MR) is 71.6 cm³/mol. The molecule has 0 radical (unpaired) electrons. The van der Waals surface area contributed by atoms with Crippen molar-refractivity contribution in [1.29, 1.82) is 0 Å². The van der Waals surface area contributed by atoms with Crippen LogP contribution >= 0.6 is 0 Å². The standard InChI is InChI=1S/C13H11N5O2/c1-7-15-5-4-10(16-7)12-17-13(20-18-12)9-3-2-8(14)6-11(9)19/h2-6,19H,14H2,1H3. The highest BCUT2D eigenvalue weighted by Crippen LogP contribution is 2.30. The van der Waals surface area contributed by atoms with E-state index < -0.39 is 0 Å². The molecule has 7 nitrogen and oxygen atoms in total. The molecule has 0 saturated heterocycles. The fourth-order valence-corrected chi connectivity index (χ4v) is 1.75. The summed E-state index contributed by atoms with van der Waals surface area (Å²) in [4.78, 5) is 12.4. The lowest BCUT2D eigenvalue weighted by molar-refractivity contribution is 0.425. The van der Waals surface area contributed by atoms with Gasteiger partial charge in [-0.3, -0.25) is 0 Å². The van der Waals surface area contributed by atoms with Gasteiger partial charge in [-0.1, -0.05) is 5.16 Å². The van der Waals surface area contributed by atoms with E-state index in [2.05, 4.69) is 20.1 Å². The molecule has 3 rings (SSSR count). The minimum absolute atomic E-state index is 0.0148. The summed E-state index contributed by atoms with van der Waals surface area (Å²) in [5.41, 5.74) is 7.01. The predicted octanol–water partition coefficient (Wildman–Crippen LogP) is 1.79. The third-order valence-electron chi connectivity index (χ3n) is 2.68. The Kier molecular flexibility index (Phi) is 2.79. The largest absolute Gasteiger partial charge is 0.507 e. The van der Waals surface area contributed by atoms with E-state index in [1.54, 1.807) is 31.3 Å². The molecule has 0 aliphatic rings. The Hall–Kier alpha value is -2.96. The number of aromatic nitrogens is 4. The van der Waals surface area contributed by atoms with Gasteiger partial charge in [0.2, 0.25) is 5.82 Å². The normalized spacial score (nSPS) is 10.7. The molecule has 3 aromatic rings. The summed E-state index contributed by atoms with van der Waals surface area (Å²) in [7, 11) is 0. The molecule has 0 spiro atoms. The SMILES string of the molecule is Cc1nccc(-c2noc(-c3ccc(N)cc3O)n2)n1. The summed E-state index contributed by atoms with van der Waals surface area (Å²) in [6, 6.07) is 6.37. The Balaban J connectivity index is 2.02. The number of benzene rings is 1. The van der Waals surface area contributed by atoms with Crippen LogP contribution in [0.1, 0.15) is 5.82 Å². The molecule has 100 valence electrons. The van der Waals surface area contributed by atoms with Crippen molar-refractivity contribution < 1.29 is 9.63 Å². The number of hydrogen-bond acceptors (Lipinski definition) is 7. The zero-order valence-corrected chi connectivity index (χ0v) is 10.6. The van der Waals surface area contributed by atoms with Crippen molar-refractivity contribution in [1.82, 2.24) is 20.1 Å². The number of rotatable bonds is 2. The summed E-state index contributed by atoms with van der Waals surface area (Å²) in [5.74, 6) is 1.14. The Bertz CT molecular complexity index is 769. The van der Waals surface area contributed by atoms with Crippen molar-refractivity contribution in [3.63, 3.8) is 0 Å². The second kappa shape index (κ2) is 4.61. The van der Waals surface area contributed by atoms with E-state index in [9.17, 15) is 5.11 Å². The van der Waals surface area contributed by atoms with Crippen molar-refractivity contribution >= 4 is 5.69 Å². The number of phenols is 1. The van der Waals surface area contributed by atoms with E-state index >= 15 is 0 Å². The minimum Gasteiger partial charge on any atom is -0.507 e. The first-order chi connectivity index (χ1) is 9.63. The molecule has 7 heteroatoms. The minimum atomic E-state index is -0.0148. The average molecular weight is 269 g/mol. The summed E-state index contributed by atoms with van der Waals surface area (Å²) in [6.07, 6.45) is 1.62. The van der Waals surface area contributed by atoms with Crippen LogP contribution in [0, 0.1) is 6.92 Å². The molecular weight excluding hydrogens is 258 g/mol. The lowest BCUT2D eigenvalue weighted by atomic mass is 10.2. The summed E-state index contributed by atoms with van der Waals surface area (Å²) in [6.45, 7) is 1.77. The fourth-order valence-electron chi connectivity index (χ4n) is 1.75. The maximum Gasteiger partial charge on any atom is 0.262 e. The Morgan fingerprint density at radius 3 is 2.80 bits per heavy atom. The van der Waals surface area contributed by atoms with Crippen LogP contribution in [0.15, 0.2) is 35.0 Å². The van der Waals surface area contributed by atoms with E-state index in [4.69, 9.17) is 10.3 Å². The maximum absolute atomic E-state index is 9.84. The van der Waals surface area contributed by atoms with Gasteiger partial charge in [-0.25, -0.2) is 9.97 Å². The van der Waals surface area contributed by atoms with Crippen LogP contribution in [0.5, 0.6) is 5.75 Å². The second-order valence-corrected chi connectivity index (χ2v) is 4.19. The molecule has 2 heterocycles. The Morgan fingerprint density at radius 2 is 2.05 bits per heavy atom. The molecule has 0 aliphatic heterocycles. The van der Waals surface area contributed by atoms with Crippen molar-refractivity contribution in [3.8, 4) is 28.7 Å². The van der Waals surface area contributed by atoms with E-state index in [1.807, 2.05) is 0 Å². The van der Waals surface area contributed by atoms with E-state index in [-0.39, 0.29) is 11.6 Å². The number of aromatic hydroxyl groups is 1. The number of anilines is 1. The van der Waals surface area contributed by atoms with Gasteiger partial charge in [-0.2, -0.15) is 4.98 Å². The van der Waals surface area contributed by atoms with Crippen molar-refractivity contribution in [2.24, 2.45) is 0 Å². The molecule has 20 heavy (non-hydrogen) atoms. The molecular formula is C13H11N5O2. The van der Waals surface area contributed by atoms with Crippen LogP contribution in [-0.4, -0.2) is 25.2 Å². The number of phenolic OH excluding ortho intramolecular Hbond substituents is 1. The van der Waals surface area contributed by atoms with Crippen LogP contribution in [-0.2, 0) is 0 Å². The van der Waals surface area contributed by atoms with Crippen LogP contribution in [0.25, 0.3) is 23.0 Å². The molecule has 0 atom stereocenters. The third-order valence-corrected chi connectivity index (χ3v) is 2.68. The van der Waals surface area contributed by atoms with Crippen LogP contribution < -0.4 is 5.73 Å². The van der Waals surface area contributed by atoms with Gasteiger partial charge in [-0.15, -0.1) is 0 Å². The molecule has 2 aromatic heterocycles. The topological polar surface area (TPSA) is 111 Å². The number of nitrogens with zero attached hydrogens (tertiary/aromatic N) is 4. The first kappa shape index (κ1) is 12.1. The number of nitrogens with two attached hydrogens (primary N) is 1. The second-order valence-electron chi connectivity index (χ2n) is 4.19. The summed E-state index contributed by atoms with van der Waals surface area (Å²) >= 11 is 0. The highest BCUT2D eigenvalue weighted by molar-refractivity contribution is 5.67. The van der Waals surface area contributed by atoms with E-state index in [0.717, 1.165) is 0 Å². The van der Waals surface area contributed by atoms with Crippen LogP contribution in [0.2, 0.25) is 0 Å². The maximum atomic E-state index is 9.84. The van der Waals surface area contributed by atoms with Crippen molar-refractivity contribution in [2.45, 2.75) is 6.92 Å². The third kappa shape index (κ3) is 2.16. The van der Waals surface area contributed by atoms with Gasteiger partial charge in [0.1, 0.15) is 17.3 Å². The number of nitrogen functional groups attached to an aromatic ring is 1. The van der Waals surface area contributed by atoms with Gasteiger partial charge >= 0.3 is 0 Å². The monoisotopic (exact) mass is 269 g/mol. The molecule has 1 aromatic carbocycles. The van der Waals surface area contributed by atoms with Gasteiger partial charge in [0.05, 0.1) is 5.56 Å². The zero-order valence-electron chi connectivity index (χ0n) is 10.6. The van der Waals surface area contributed by atoms with Crippen LogP contribution in [0.4, 0.5) is 5.69 Å². The Labute approximate surface area is 114 Å². The molecule has 0 bridgehead atoms. The van der Waals surface area contributed by atoms with E-state index in [1.165, 1.54) is 6.07 Å². The summed E-state index contributed by atoms with van der Waals surface area (Å²) < 4.78 is 5.14. The lowest BCUT2D eigenvalue weighted by Crippen LogP contribution is -1.91. The zero-order chi connectivity index (χ0) is 14.1. The Morgan fingerprint density at radius 1 is 1.20 bits per heavy atom. The van der Waals surface area contributed by atoms with Gasteiger partial charge in [0.15, 0.2) is 0 Å². The molecule has 0 saturated carbocycles. The molecule has 0 unspecified atom stereocenters. The van der Waals surface area contributed by atoms with Gasteiger partial charge < -0.3 is 15.4 Å². The van der Waals surface area contributed by atoms with E-state index in [0.29, 0.717) is 28.6 Å². The molecule has 0 fully saturated rings. The highest BCUT2D eigenvalue weighted by Gasteiger charge is 2.15. The average Bonchev–Trinajstić information content (AvgIpc) is 2.88. The fraction of sp³-hybridized carbons (Fsp3) is 0.0769. The quantitative estimate of drug-likeness (QED) is 0.682. The van der Waals surface area contributed by atoms with Crippen molar-refractivity contribution in [3.05, 3.63) is 36.3 Å². The summed E-state index contributed by atoms with van der Waals surface area (Å²) in [5, 5.41) is 13.7.